The second-order valence-electron chi connectivity index (χ2n) is 7.39. The summed E-state index contributed by atoms with van der Waals surface area (Å²) in [5, 5.41) is 19.6. The van der Waals surface area contributed by atoms with Gasteiger partial charge < -0.3 is 29.5 Å². The SMILES string of the molecule is Cc1cn([C@H]2C[C@H](O)[C@@H](COP(=O)(O)OP(=O)(O)O[C@@H]3C=C(O)C(=O)[C@@H](C)O3)O2)c(=O)[nH]c1=O. The Morgan fingerprint density at radius 2 is 1.88 bits per heavy atom. The second kappa shape index (κ2) is 9.95. The van der Waals surface area contributed by atoms with Gasteiger partial charge in [0.15, 0.2) is 12.0 Å². The monoisotopic (exact) mass is 528 g/mol. The summed E-state index contributed by atoms with van der Waals surface area (Å²) in [5.74, 6) is -1.61. The van der Waals surface area contributed by atoms with Crippen LogP contribution in [0.15, 0.2) is 27.6 Å². The van der Waals surface area contributed by atoms with Crippen LogP contribution >= 0.6 is 15.6 Å². The molecular weight excluding hydrogens is 506 g/mol. The molecule has 16 nitrogen and oxygen atoms in total. The molecule has 0 saturated carbocycles. The average Bonchev–Trinajstić information content (AvgIpc) is 3.06. The van der Waals surface area contributed by atoms with Crippen molar-refractivity contribution >= 4 is 21.4 Å². The molecule has 0 amide bonds. The normalized spacial score (nSPS) is 31.0. The lowest BCUT2D eigenvalue weighted by Crippen LogP contribution is -2.33. The minimum absolute atomic E-state index is 0.136. The molecule has 3 heterocycles. The molecule has 3 rings (SSSR count). The van der Waals surface area contributed by atoms with E-state index in [0.29, 0.717) is 6.08 Å². The zero-order valence-corrected chi connectivity index (χ0v) is 19.5. The summed E-state index contributed by atoms with van der Waals surface area (Å²) >= 11 is 0. The van der Waals surface area contributed by atoms with Crippen molar-refractivity contribution in [2.45, 2.75) is 51.1 Å². The molecule has 2 aliphatic heterocycles. The Hall–Kier alpha value is -1.97. The predicted molar refractivity (Wildman–Crippen MR) is 108 cm³/mol. The van der Waals surface area contributed by atoms with Crippen LogP contribution in [0.2, 0.25) is 0 Å². The predicted octanol–water partition coefficient (Wildman–Crippen LogP) is -0.500. The lowest BCUT2D eigenvalue weighted by molar-refractivity contribution is -0.148. The number of aromatic amines is 1. The summed E-state index contributed by atoms with van der Waals surface area (Å²) in [6.45, 7) is 1.88. The first-order chi connectivity index (χ1) is 15.7. The fourth-order valence-electron chi connectivity index (χ4n) is 3.08. The van der Waals surface area contributed by atoms with E-state index in [1.807, 2.05) is 0 Å². The van der Waals surface area contributed by atoms with E-state index in [1.165, 1.54) is 20.0 Å². The maximum atomic E-state index is 12.1. The molecule has 2 aliphatic rings. The highest BCUT2D eigenvalue weighted by molar-refractivity contribution is 7.61. The van der Waals surface area contributed by atoms with Crippen molar-refractivity contribution in [1.29, 1.82) is 0 Å². The number of rotatable bonds is 8. The number of aromatic nitrogens is 2. The van der Waals surface area contributed by atoms with Crippen LogP contribution in [0.5, 0.6) is 0 Å². The summed E-state index contributed by atoms with van der Waals surface area (Å²) < 4.78 is 48.8. The Kier molecular flexibility index (Phi) is 7.79. The van der Waals surface area contributed by atoms with Crippen LogP contribution in [0.4, 0.5) is 0 Å². The first kappa shape index (κ1) is 26.6. The van der Waals surface area contributed by atoms with Crippen molar-refractivity contribution in [3.8, 4) is 0 Å². The van der Waals surface area contributed by atoms with Gasteiger partial charge in [0, 0.05) is 24.3 Å². The Balaban J connectivity index is 1.59. The van der Waals surface area contributed by atoms with E-state index in [2.05, 4.69) is 18.3 Å². The van der Waals surface area contributed by atoms with Crippen molar-refractivity contribution in [1.82, 2.24) is 9.55 Å². The van der Waals surface area contributed by atoms with Gasteiger partial charge in [0.25, 0.3) is 5.56 Å². The number of carbonyl (C=O) groups excluding carboxylic acids is 1. The van der Waals surface area contributed by atoms with E-state index < -0.39 is 75.9 Å². The van der Waals surface area contributed by atoms with E-state index in [0.717, 1.165) is 4.57 Å². The maximum Gasteiger partial charge on any atom is 0.483 e. The van der Waals surface area contributed by atoms with Gasteiger partial charge in [-0.25, -0.2) is 13.9 Å². The van der Waals surface area contributed by atoms with E-state index in [-0.39, 0.29) is 12.0 Å². The summed E-state index contributed by atoms with van der Waals surface area (Å²) in [5.41, 5.74) is -1.20. The molecule has 190 valence electrons. The van der Waals surface area contributed by atoms with Crippen molar-refractivity contribution in [2.24, 2.45) is 0 Å². The van der Waals surface area contributed by atoms with Crippen LogP contribution in [-0.4, -0.2) is 66.5 Å². The number of nitrogens with zero attached hydrogens (tertiary/aromatic N) is 1. The molecule has 1 fully saturated rings. The topological polar surface area (TPSA) is 233 Å². The van der Waals surface area contributed by atoms with Gasteiger partial charge in [-0.2, -0.15) is 4.31 Å². The van der Waals surface area contributed by atoms with E-state index in [1.54, 1.807) is 0 Å². The summed E-state index contributed by atoms with van der Waals surface area (Å²) in [6, 6.07) is 0. The Morgan fingerprint density at radius 1 is 1.21 bits per heavy atom. The molecule has 18 heteroatoms. The molecule has 1 aromatic heterocycles. The zero-order valence-electron chi connectivity index (χ0n) is 17.7. The van der Waals surface area contributed by atoms with Crippen molar-refractivity contribution in [3.05, 3.63) is 44.4 Å². The number of phosphoric ester groups is 2. The quantitative estimate of drug-likeness (QED) is 0.268. The number of Topliss-reactive ketones (excluding diaryl/α,β-unsaturated/α-hetero) is 1. The van der Waals surface area contributed by atoms with Gasteiger partial charge in [0.2, 0.25) is 5.78 Å². The second-order valence-corrected chi connectivity index (χ2v) is 10.4. The standard InChI is InChI=1S/C16H22N2O14P2/c1-7-5-18(16(23)17-15(7)22)12-3-9(19)11(30-12)6-28-33(24,25)32-34(26,27)31-13-4-10(20)14(21)8(2)29-13/h4-5,8-9,11-13,19-20H,3,6H2,1-2H3,(H,24,25)(H,26,27)(H,17,22,23)/t8-,9+,11-,12-,13-/m1/s1. The number of nitrogens with one attached hydrogen (secondary N) is 1. The van der Waals surface area contributed by atoms with Crippen LogP contribution in [0.1, 0.15) is 25.1 Å². The van der Waals surface area contributed by atoms with Crippen LogP contribution in [0, 0.1) is 6.92 Å². The fraction of sp³-hybridized carbons (Fsp3) is 0.562. The number of aliphatic hydroxyl groups is 2. The highest BCUT2D eigenvalue weighted by Crippen LogP contribution is 2.61. The largest absolute Gasteiger partial charge is 0.504 e. The highest BCUT2D eigenvalue weighted by Gasteiger charge is 2.42. The minimum Gasteiger partial charge on any atom is -0.504 e. The number of phosphoric acid groups is 2. The van der Waals surface area contributed by atoms with Gasteiger partial charge in [-0.3, -0.25) is 28.2 Å². The first-order valence-corrected chi connectivity index (χ1v) is 12.6. The molecule has 5 N–H and O–H groups in total. The average molecular weight is 528 g/mol. The molecule has 34 heavy (non-hydrogen) atoms. The fourth-order valence-corrected chi connectivity index (χ4v) is 5.18. The molecule has 0 spiro atoms. The molecule has 0 radical (unpaired) electrons. The summed E-state index contributed by atoms with van der Waals surface area (Å²) in [6.07, 6.45) is -4.79. The number of hydrogen-bond acceptors (Lipinski definition) is 12. The smallest absolute Gasteiger partial charge is 0.483 e. The number of carbonyl (C=O) groups is 1. The Labute approximate surface area is 190 Å². The van der Waals surface area contributed by atoms with Crippen molar-refractivity contribution < 1.29 is 56.8 Å². The van der Waals surface area contributed by atoms with E-state index in [9.17, 15) is 43.5 Å². The van der Waals surface area contributed by atoms with Gasteiger partial charge in [-0.05, 0) is 13.8 Å². The summed E-state index contributed by atoms with van der Waals surface area (Å²) in [7, 11) is -10.6. The number of ether oxygens (including phenoxy) is 2. The minimum atomic E-state index is -5.32. The first-order valence-electron chi connectivity index (χ1n) is 9.63. The molecule has 1 saturated heterocycles. The number of ketones is 1. The molecule has 0 bridgehead atoms. The van der Waals surface area contributed by atoms with Crippen LogP contribution < -0.4 is 11.2 Å². The van der Waals surface area contributed by atoms with Crippen LogP contribution in [0.25, 0.3) is 0 Å². The van der Waals surface area contributed by atoms with E-state index >= 15 is 0 Å². The highest BCUT2D eigenvalue weighted by atomic mass is 31.3. The van der Waals surface area contributed by atoms with Gasteiger partial charge in [0.1, 0.15) is 18.4 Å². The molecule has 0 aliphatic carbocycles. The van der Waals surface area contributed by atoms with Crippen molar-refractivity contribution in [2.75, 3.05) is 6.61 Å². The van der Waals surface area contributed by atoms with Gasteiger partial charge in [0.05, 0.1) is 12.7 Å². The van der Waals surface area contributed by atoms with Crippen LogP contribution in [0.3, 0.4) is 0 Å². The number of hydrogen-bond donors (Lipinski definition) is 5. The molecular formula is C16H22N2O14P2. The number of aliphatic hydroxyl groups excluding tert-OH is 2. The van der Waals surface area contributed by atoms with Crippen LogP contribution in [-0.2, 0) is 36.8 Å². The van der Waals surface area contributed by atoms with Gasteiger partial charge >= 0.3 is 21.3 Å². The van der Waals surface area contributed by atoms with Crippen molar-refractivity contribution in [3.63, 3.8) is 0 Å². The lowest BCUT2D eigenvalue weighted by Gasteiger charge is -2.25. The summed E-state index contributed by atoms with van der Waals surface area (Å²) in [4.78, 5) is 56.5. The van der Waals surface area contributed by atoms with E-state index in [4.69, 9.17) is 9.47 Å². The maximum absolute atomic E-state index is 12.1. The Bertz CT molecular complexity index is 1190. The molecule has 0 aromatic carbocycles. The third kappa shape index (κ3) is 6.37. The molecule has 1 aromatic rings. The lowest BCUT2D eigenvalue weighted by atomic mass is 10.2. The van der Waals surface area contributed by atoms with Gasteiger partial charge in [-0.15, -0.1) is 0 Å². The third-order valence-corrected chi connectivity index (χ3v) is 7.36. The van der Waals surface area contributed by atoms with Gasteiger partial charge in [-0.1, -0.05) is 0 Å². The Morgan fingerprint density at radius 3 is 2.53 bits per heavy atom. The molecule has 7 atom stereocenters. The third-order valence-electron chi connectivity index (χ3n) is 4.76. The zero-order chi connectivity index (χ0) is 25.4. The number of aryl methyl sites for hydroxylation is 1. The number of H-pyrrole nitrogens is 1. The molecule has 2 unspecified atom stereocenters.